The minimum Gasteiger partial charge on any atom is -0.497 e. The lowest BCUT2D eigenvalue weighted by Gasteiger charge is -2.39. The van der Waals surface area contributed by atoms with Gasteiger partial charge in [-0.2, -0.15) is 0 Å². The molecule has 2 atom stereocenters. The van der Waals surface area contributed by atoms with Crippen LogP contribution < -0.4 is 9.64 Å². The molecule has 1 heterocycles. The molecule has 7 heteroatoms. The molecule has 1 aliphatic heterocycles. The number of aliphatic hydroxyl groups is 2. The normalized spacial score (nSPS) is 23.6. The van der Waals surface area contributed by atoms with Crippen LogP contribution in [-0.2, 0) is 5.72 Å². The maximum absolute atomic E-state index is 13.5. The van der Waals surface area contributed by atoms with Crippen LogP contribution in [0.5, 0.6) is 5.75 Å². The van der Waals surface area contributed by atoms with Crippen LogP contribution in [0.3, 0.4) is 0 Å². The molecule has 6 nitrogen and oxygen atoms in total. The molecule has 0 saturated carbocycles. The van der Waals surface area contributed by atoms with Crippen molar-refractivity contribution in [2.75, 3.05) is 12.0 Å². The average molecular weight is 448 g/mol. The van der Waals surface area contributed by atoms with Crippen molar-refractivity contribution in [3.05, 3.63) is 106 Å². The summed E-state index contributed by atoms with van der Waals surface area (Å²) < 4.78 is 5.14. The smallest absolute Gasteiger partial charge is 0.211 e. The van der Waals surface area contributed by atoms with Crippen LogP contribution in [0.2, 0.25) is 5.02 Å². The second-order valence-electron chi connectivity index (χ2n) is 7.70. The minimum absolute atomic E-state index is 0.157. The lowest BCUT2D eigenvalue weighted by atomic mass is 9.82. The summed E-state index contributed by atoms with van der Waals surface area (Å²) in [5.41, 5.74) is -3.84. The molecule has 0 saturated heterocycles. The number of ether oxygens (including phenoxy) is 1. The molecule has 0 aromatic heterocycles. The Bertz CT molecular complexity index is 1280. The van der Waals surface area contributed by atoms with E-state index in [4.69, 9.17) is 16.3 Å². The Kier molecular flexibility index (Phi) is 4.49. The molecular weight excluding hydrogens is 430 g/mol. The zero-order valence-corrected chi connectivity index (χ0v) is 17.7. The number of rotatable bonds is 4. The first-order valence-corrected chi connectivity index (χ1v) is 10.2. The molecule has 0 bridgehead atoms. The quantitative estimate of drug-likeness (QED) is 0.593. The van der Waals surface area contributed by atoms with E-state index in [1.807, 2.05) is 0 Å². The number of fused-ring (bicyclic) bond motifs is 3. The van der Waals surface area contributed by atoms with Gasteiger partial charge in [0.15, 0.2) is 5.78 Å². The van der Waals surface area contributed by atoms with Gasteiger partial charge in [-0.05, 0) is 48.5 Å². The second kappa shape index (κ2) is 7.03. The van der Waals surface area contributed by atoms with E-state index < -0.39 is 22.9 Å². The maximum atomic E-state index is 13.5. The molecule has 32 heavy (non-hydrogen) atoms. The SMILES string of the molecule is COc1ccc(C(=O)C2=CN(c3ccc(Cl)cc3)[C@@]3(O)c4ccccc4C(=O)[C@@]23O)cc1. The summed E-state index contributed by atoms with van der Waals surface area (Å²) in [6, 6.07) is 19.3. The fourth-order valence-corrected chi connectivity index (χ4v) is 4.57. The fraction of sp³-hybridized carbons (Fsp3) is 0.120. The molecule has 5 rings (SSSR count). The standard InChI is InChI=1S/C25H18ClNO5/c1-32-18-12-6-15(7-13-18)22(28)21-14-27(17-10-8-16(26)9-11-17)25(31)20-5-3-2-4-19(20)23(29)24(21,25)30/h2-14,30-31H,1H3/t24-,25+/m0/s1. The van der Waals surface area contributed by atoms with Gasteiger partial charge >= 0.3 is 0 Å². The zero-order chi connectivity index (χ0) is 22.7. The van der Waals surface area contributed by atoms with E-state index in [1.54, 1.807) is 66.7 Å². The number of benzene rings is 3. The second-order valence-corrected chi connectivity index (χ2v) is 8.14. The van der Waals surface area contributed by atoms with E-state index >= 15 is 0 Å². The van der Waals surface area contributed by atoms with E-state index in [9.17, 15) is 19.8 Å². The summed E-state index contributed by atoms with van der Waals surface area (Å²) in [5, 5.41) is 24.2. The molecule has 1 aliphatic carbocycles. The predicted octanol–water partition coefficient (Wildman–Crippen LogP) is 3.71. The number of carbonyl (C=O) groups is 2. The lowest BCUT2D eigenvalue weighted by molar-refractivity contribution is -0.0878. The van der Waals surface area contributed by atoms with E-state index in [0.717, 1.165) is 0 Å². The molecule has 3 aromatic carbocycles. The third-order valence-electron chi connectivity index (χ3n) is 6.08. The molecule has 0 unspecified atom stereocenters. The predicted molar refractivity (Wildman–Crippen MR) is 119 cm³/mol. The van der Waals surface area contributed by atoms with Crippen LogP contribution in [0.15, 0.2) is 84.6 Å². The van der Waals surface area contributed by atoms with Gasteiger partial charge in [0.25, 0.3) is 0 Å². The van der Waals surface area contributed by atoms with Gasteiger partial charge in [0.1, 0.15) is 5.75 Å². The summed E-state index contributed by atoms with van der Waals surface area (Å²) in [7, 11) is 1.51. The third-order valence-corrected chi connectivity index (χ3v) is 6.33. The van der Waals surface area contributed by atoms with Crippen molar-refractivity contribution >= 4 is 28.9 Å². The summed E-state index contributed by atoms with van der Waals surface area (Å²) >= 11 is 6.02. The molecule has 2 N–H and O–H groups in total. The maximum Gasteiger partial charge on any atom is 0.211 e. The topological polar surface area (TPSA) is 87.1 Å². The largest absolute Gasteiger partial charge is 0.497 e. The van der Waals surface area contributed by atoms with Crippen LogP contribution in [0.4, 0.5) is 5.69 Å². The Labute approximate surface area is 188 Å². The Morgan fingerprint density at radius 2 is 1.62 bits per heavy atom. The van der Waals surface area contributed by atoms with E-state index in [0.29, 0.717) is 16.5 Å². The number of methoxy groups -OCH3 is 1. The van der Waals surface area contributed by atoms with E-state index in [1.165, 1.54) is 24.3 Å². The lowest BCUT2D eigenvalue weighted by Crippen LogP contribution is -2.57. The van der Waals surface area contributed by atoms with Crippen molar-refractivity contribution in [1.29, 1.82) is 0 Å². The van der Waals surface area contributed by atoms with E-state index in [2.05, 4.69) is 0 Å². The number of carbonyl (C=O) groups excluding carboxylic acids is 2. The number of nitrogens with zero attached hydrogens (tertiary/aromatic N) is 1. The number of ketones is 2. The van der Waals surface area contributed by atoms with Crippen molar-refractivity contribution in [1.82, 2.24) is 0 Å². The Morgan fingerprint density at radius 1 is 0.969 bits per heavy atom. The molecule has 3 aromatic rings. The Hall–Kier alpha value is -3.45. The number of anilines is 1. The molecule has 160 valence electrons. The molecular formula is C25H18ClNO5. The van der Waals surface area contributed by atoms with Crippen molar-refractivity contribution in [2.24, 2.45) is 0 Å². The van der Waals surface area contributed by atoms with Crippen LogP contribution in [-0.4, -0.2) is 34.5 Å². The van der Waals surface area contributed by atoms with Crippen molar-refractivity contribution in [3.8, 4) is 5.75 Å². The summed E-state index contributed by atoms with van der Waals surface area (Å²) in [6.07, 6.45) is 1.34. The highest BCUT2D eigenvalue weighted by Crippen LogP contribution is 2.56. The van der Waals surface area contributed by atoms with Crippen molar-refractivity contribution in [2.45, 2.75) is 11.3 Å². The number of hydrogen-bond acceptors (Lipinski definition) is 6. The Morgan fingerprint density at radius 3 is 2.28 bits per heavy atom. The zero-order valence-electron chi connectivity index (χ0n) is 16.9. The van der Waals surface area contributed by atoms with Crippen molar-refractivity contribution < 1.29 is 24.5 Å². The molecule has 2 aliphatic rings. The third kappa shape index (κ3) is 2.54. The molecule has 0 spiro atoms. The van der Waals surface area contributed by atoms with Crippen molar-refractivity contribution in [3.63, 3.8) is 0 Å². The molecule has 0 fully saturated rings. The first kappa shape index (κ1) is 20.5. The van der Waals surface area contributed by atoms with Gasteiger partial charge in [-0.1, -0.05) is 35.9 Å². The first-order valence-electron chi connectivity index (χ1n) is 9.87. The van der Waals surface area contributed by atoms with Crippen LogP contribution in [0.25, 0.3) is 0 Å². The van der Waals surface area contributed by atoms with Gasteiger partial charge < -0.3 is 19.8 Å². The summed E-state index contributed by atoms with van der Waals surface area (Å²) in [6.45, 7) is 0. The van der Waals surface area contributed by atoms with Gasteiger partial charge in [0.05, 0.1) is 12.7 Å². The first-order chi connectivity index (χ1) is 15.3. The molecule has 0 amide bonds. The number of hydrogen-bond donors (Lipinski definition) is 2. The van der Waals surface area contributed by atoms with Gasteiger partial charge in [0, 0.05) is 33.6 Å². The van der Waals surface area contributed by atoms with Gasteiger partial charge in [-0.25, -0.2) is 0 Å². The highest BCUT2D eigenvalue weighted by atomic mass is 35.5. The minimum atomic E-state index is -2.49. The van der Waals surface area contributed by atoms with Gasteiger partial charge in [0.2, 0.25) is 17.1 Å². The van der Waals surface area contributed by atoms with Crippen LogP contribution in [0, 0.1) is 0 Å². The van der Waals surface area contributed by atoms with E-state index in [-0.39, 0.29) is 22.3 Å². The van der Waals surface area contributed by atoms with Crippen LogP contribution in [0.1, 0.15) is 26.3 Å². The molecule has 0 radical (unpaired) electrons. The number of halogens is 1. The highest BCUT2D eigenvalue weighted by Gasteiger charge is 2.71. The summed E-state index contributed by atoms with van der Waals surface area (Å²) in [5.74, 6) is -0.754. The highest BCUT2D eigenvalue weighted by molar-refractivity contribution is 6.30. The average Bonchev–Trinajstić information content (AvgIpc) is 3.16. The summed E-state index contributed by atoms with van der Waals surface area (Å²) in [4.78, 5) is 28.2. The fourth-order valence-electron chi connectivity index (χ4n) is 4.45. The Balaban J connectivity index is 1.72. The monoisotopic (exact) mass is 447 g/mol. The van der Waals surface area contributed by atoms with Gasteiger partial charge in [-0.3, -0.25) is 9.59 Å². The number of Topliss-reactive ketones (excluding diaryl/α,β-unsaturated/α-hetero) is 2. The van der Waals surface area contributed by atoms with Gasteiger partial charge in [-0.15, -0.1) is 0 Å². The van der Waals surface area contributed by atoms with Crippen LogP contribution >= 0.6 is 11.6 Å².